The molecule has 1 fully saturated rings. The fourth-order valence-corrected chi connectivity index (χ4v) is 3.66. The zero-order valence-corrected chi connectivity index (χ0v) is 15.2. The third kappa shape index (κ3) is 3.66. The monoisotopic (exact) mass is 360 g/mol. The molecule has 1 unspecified atom stereocenters. The Morgan fingerprint density at radius 2 is 1.76 bits per heavy atom. The molecule has 2 N–H and O–H groups in total. The molecule has 0 heterocycles. The molecule has 5 heteroatoms. The molecule has 1 aliphatic rings. The van der Waals surface area contributed by atoms with Crippen LogP contribution in [0.4, 0.5) is 8.78 Å². The number of thiocarbonyl (C=S) groups is 1. The summed E-state index contributed by atoms with van der Waals surface area (Å²) in [7, 11) is 0. The lowest BCUT2D eigenvalue weighted by Crippen LogP contribution is -2.41. The minimum absolute atomic E-state index is 0.0618. The van der Waals surface area contributed by atoms with Crippen molar-refractivity contribution in [2.24, 2.45) is 5.41 Å². The summed E-state index contributed by atoms with van der Waals surface area (Å²) < 4.78 is 27.5. The van der Waals surface area contributed by atoms with Gasteiger partial charge in [-0.1, -0.05) is 50.2 Å². The molecule has 3 rings (SSSR count). The van der Waals surface area contributed by atoms with E-state index in [4.69, 9.17) is 12.2 Å². The lowest BCUT2D eigenvalue weighted by atomic mass is 9.87. The molecule has 0 saturated heterocycles. The van der Waals surface area contributed by atoms with E-state index in [9.17, 15) is 8.78 Å². The van der Waals surface area contributed by atoms with Crippen LogP contribution in [-0.2, 0) is 12.0 Å². The molecular weight excluding hydrogens is 338 g/mol. The van der Waals surface area contributed by atoms with Crippen LogP contribution in [0.15, 0.2) is 48.5 Å². The Morgan fingerprint density at radius 1 is 1.08 bits per heavy atom. The van der Waals surface area contributed by atoms with Crippen molar-refractivity contribution in [2.45, 2.75) is 32.2 Å². The summed E-state index contributed by atoms with van der Waals surface area (Å²) in [6.45, 7) is 5.34. The van der Waals surface area contributed by atoms with Gasteiger partial charge in [-0.3, -0.25) is 0 Å². The van der Waals surface area contributed by atoms with Gasteiger partial charge in [0.1, 0.15) is 11.6 Å². The van der Waals surface area contributed by atoms with Gasteiger partial charge in [0.2, 0.25) is 0 Å². The van der Waals surface area contributed by atoms with Crippen LogP contribution in [-0.4, -0.2) is 11.7 Å². The minimum atomic E-state index is -0.553. The second kappa shape index (κ2) is 6.71. The second-order valence-corrected chi connectivity index (χ2v) is 7.70. The van der Waals surface area contributed by atoms with Gasteiger partial charge in [0.15, 0.2) is 5.11 Å². The van der Waals surface area contributed by atoms with E-state index < -0.39 is 11.6 Å². The molecule has 0 aromatic heterocycles. The van der Waals surface area contributed by atoms with Crippen LogP contribution in [0.5, 0.6) is 0 Å². The second-order valence-electron chi connectivity index (χ2n) is 7.29. The predicted octanol–water partition coefficient (Wildman–Crippen LogP) is 4.30. The Kier molecular flexibility index (Phi) is 4.78. The number of hydrogen-bond donors (Lipinski definition) is 2. The topological polar surface area (TPSA) is 24.1 Å². The Morgan fingerprint density at radius 3 is 2.36 bits per heavy atom. The largest absolute Gasteiger partial charge is 0.362 e. The Hall–Kier alpha value is -2.01. The Bertz CT molecular complexity index is 777. The zero-order chi connectivity index (χ0) is 18.1. The molecular formula is C20H22F2N2S. The van der Waals surface area contributed by atoms with Crippen molar-refractivity contribution >= 4 is 17.3 Å². The van der Waals surface area contributed by atoms with E-state index in [0.29, 0.717) is 23.8 Å². The molecule has 132 valence electrons. The van der Waals surface area contributed by atoms with Gasteiger partial charge in [-0.2, -0.15) is 0 Å². The van der Waals surface area contributed by atoms with Gasteiger partial charge in [-0.25, -0.2) is 8.78 Å². The number of halogens is 2. The highest BCUT2D eigenvalue weighted by Gasteiger charge is 2.62. The number of rotatable bonds is 5. The Labute approximate surface area is 152 Å². The van der Waals surface area contributed by atoms with E-state index in [-0.39, 0.29) is 10.8 Å². The average Bonchev–Trinajstić information content (AvgIpc) is 3.14. The first-order valence-electron chi connectivity index (χ1n) is 8.35. The SMILES string of the molecule is CC1(C)CC1(CNC(=S)NCc1ccccc1)c1ccc(F)cc1F. The Balaban J connectivity index is 1.64. The lowest BCUT2D eigenvalue weighted by molar-refractivity contribution is 0.460. The molecule has 25 heavy (non-hydrogen) atoms. The maximum absolute atomic E-state index is 14.3. The molecule has 0 spiro atoms. The van der Waals surface area contributed by atoms with Crippen LogP contribution in [0.1, 0.15) is 31.4 Å². The van der Waals surface area contributed by atoms with E-state index in [2.05, 4.69) is 24.5 Å². The van der Waals surface area contributed by atoms with Crippen LogP contribution in [0.2, 0.25) is 0 Å². The van der Waals surface area contributed by atoms with Crippen LogP contribution < -0.4 is 10.6 Å². The van der Waals surface area contributed by atoms with Crippen molar-refractivity contribution in [1.82, 2.24) is 10.6 Å². The number of benzene rings is 2. The standard InChI is InChI=1S/C20H22F2N2S/c1-19(2)12-20(19,16-9-8-15(21)10-17(16)22)13-24-18(25)23-11-14-6-4-3-5-7-14/h3-10H,11-13H2,1-2H3,(H2,23,24,25). The highest BCUT2D eigenvalue weighted by Crippen LogP contribution is 2.64. The molecule has 0 amide bonds. The van der Waals surface area contributed by atoms with E-state index >= 15 is 0 Å². The summed E-state index contributed by atoms with van der Waals surface area (Å²) in [5, 5.41) is 6.92. The summed E-state index contributed by atoms with van der Waals surface area (Å²) in [5.41, 5.74) is 1.26. The van der Waals surface area contributed by atoms with Gasteiger partial charge >= 0.3 is 0 Å². The van der Waals surface area contributed by atoms with Gasteiger partial charge in [0.25, 0.3) is 0 Å². The van der Waals surface area contributed by atoms with Gasteiger partial charge in [0, 0.05) is 24.6 Å². The average molecular weight is 360 g/mol. The van der Waals surface area contributed by atoms with Crippen molar-refractivity contribution in [1.29, 1.82) is 0 Å². The smallest absolute Gasteiger partial charge is 0.166 e. The van der Waals surface area contributed by atoms with E-state index in [1.807, 2.05) is 30.3 Å². The van der Waals surface area contributed by atoms with Gasteiger partial charge in [0.05, 0.1) is 0 Å². The van der Waals surface area contributed by atoms with Crippen molar-refractivity contribution in [3.8, 4) is 0 Å². The fourth-order valence-electron chi connectivity index (χ4n) is 3.52. The normalized spacial score (nSPS) is 20.8. The van der Waals surface area contributed by atoms with Gasteiger partial charge in [-0.15, -0.1) is 0 Å². The number of hydrogen-bond acceptors (Lipinski definition) is 1. The molecule has 1 saturated carbocycles. The minimum Gasteiger partial charge on any atom is -0.362 e. The highest BCUT2D eigenvalue weighted by atomic mass is 32.1. The predicted molar refractivity (Wildman–Crippen MR) is 100 cm³/mol. The van der Waals surface area contributed by atoms with Crippen molar-refractivity contribution in [2.75, 3.05) is 6.54 Å². The van der Waals surface area contributed by atoms with Crippen LogP contribution in [0, 0.1) is 17.0 Å². The molecule has 0 radical (unpaired) electrons. The summed E-state index contributed by atoms with van der Waals surface area (Å²) in [4.78, 5) is 0. The highest BCUT2D eigenvalue weighted by molar-refractivity contribution is 7.80. The first-order chi connectivity index (χ1) is 11.8. The van der Waals surface area contributed by atoms with Gasteiger partial charge < -0.3 is 10.6 Å². The third-order valence-electron chi connectivity index (χ3n) is 5.21. The summed E-state index contributed by atoms with van der Waals surface area (Å²) >= 11 is 5.35. The van der Waals surface area contributed by atoms with E-state index in [0.717, 1.165) is 18.1 Å². The lowest BCUT2D eigenvalue weighted by Gasteiger charge is -2.23. The summed E-state index contributed by atoms with van der Waals surface area (Å²) in [6, 6.07) is 13.8. The molecule has 0 aliphatic heterocycles. The first kappa shape index (κ1) is 17.8. The van der Waals surface area contributed by atoms with E-state index in [1.54, 1.807) is 6.07 Å². The third-order valence-corrected chi connectivity index (χ3v) is 5.50. The molecule has 2 aromatic rings. The molecule has 0 bridgehead atoms. The van der Waals surface area contributed by atoms with Crippen molar-refractivity contribution in [3.05, 3.63) is 71.3 Å². The maximum Gasteiger partial charge on any atom is 0.166 e. The van der Waals surface area contributed by atoms with Crippen LogP contribution in [0.3, 0.4) is 0 Å². The molecule has 1 aliphatic carbocycles. The summed E-state index contributed by atoms with van der Waals surface area (Å²) in [5.74, 6) is -1.04. The van der Waals surface area contributed by atoms with Crippen molar-refractivity contribution in [3.63, 3.8) is 0 Å². The quantitative estimate of drug-likeness (QED) is 0.778. The fraction of sp³-hybridized carbons (Fsp3) is 0.350. The molecule has 1 atom stereocenters. The molecule has 2 nitrogen and oxygen atoms in total. The van der Waals surface area contributed by atoms with Crippen LogP contribution in [0.25, 0.3) is 0 Å². The van der Waals surface area contributed by atoms with Gasteiger partial charge in [-0.05, 0) is 41.2 Å². The first-order valence-corrected chi connectivity index (χ1v) is 8.76. The maximum atomic E-state index is 14.3. The number of nitrogens with one attached hydrogen (secondary N) is 2. The zero-order valence-electron chi connectivity index (χ0n) is 14.4. The van der Waals surface area contributed by atoms with E-state index in [1.165, 1.54) is 6.07 Å². The summed E-state index contributed by atoms with van der Waals surface area (Å²) in [6.07, 6.45) is 0.830. The van der Waals surface area contributed by atoms with Crippen molar-refractivity contribution < 1.29 is 8.78 Å². The van der Waals surface area contributed by atoms with Crippen LogP contribution >= 0.6 is 12.2 Å². The molecule has 2 aromatic carbocycles.